The summed E-state index contributed by atoms with van der Waals surface area (Å²) in [6, 6.07) is 6.42. The van der Waals surface area contributed by atoms with Crippen molar-refractivity contribution >= 4 is 17.7 Å². The minimum atomic E-state index is -0.755. The van der Waals surface area contributed by atoms with Crippen LogP contribution in [0.1, 0.15) is 41.0 Å². The Morgan fingerprint density at radius 2 is 1.64 bits per heavy atom. The summed E-state index contributed by atoms with van der Waals surface area (Å²) in [5.41, 5.74) is 0.789. The zero-order valence-corrected chi connectivity index (χ0v) is 16.6. The second-order valence-corrected chi connectivity index (χ2v) is 8.23. The van der Waals surface area contributed by atoms with E-state index in [1.807, 2.05) is 18.7 Å². The Labute approximate surface area is 165 Å². The van der Waals surface area contributed by atoms with E-state index in [2.05, 4.69) is 10.2 Å². The van der Waals surface area contributed by atoms with Gasteiger partial charge in [-0.25, -0.2) is 0 Å². The van der Waals surface area contributed by atoms with Crippen LogP contribution >= 0.6 is 0 Å². The van der Waals surface area contributed by atoms with Crippen molar-refractivity contribution in [3.05, 3.63) is 35.4 Å². The van der Waals surface area contributed by atoms with Crippen LogP contribution < -0.4 is 5.32 Å². The summed E-state index contributed by atoms with van der Waals surface area (Å²) in [5.74, 6) is -0.967. The molecule has 3 amide bonds. The number of carbonyl (C=O) groups excluding carboxylic acids is 3. The monoisotopic (exact) mass is 384 g/mol. The van der Waals surface area contributed by atoms with E-state index in [1.54, 1.807) is 24.3 Å². The second-order valence-electron chi connectivity index (χ2n) is 8.23. The number of imide groups is 1. The average Bonchev–Trinajstić information content (AvgIpc) is 3.29. The molecule has 0 spiro atoms. The van der Waals surface area contributed by atoms with Crippen molar-refractivity contribution in [3.63, 3.8) is 0 Å². The topological polar surface area (TPSA) is 73.0 Å². The lowest BCUT2D eigenvalue weighted by atomic mass is 10.0. The molecule has 150 valence electrons. The van der Waals surface area contributed by atoms with Gasteiger partial charge in [0.05, 0.1) is 11.1 Å². The normalized spacial score (nSPS) is 24.2. The molecule has 0 bridgehead atoms. The van der Waals surface area contributed by atoms with Crippen LogP contribution in [0, 0.1) is 5.92 Å². The van der Waals surface area contributed by atoms with E-state index >= 15 is 0 Å². The van der Waals surface area contributed by atoms with E-state index in [1.165, 1.54) is 4.90 Å². The summed E-state index contributed by atoms with van der Waals surface area (Å²) in [5, 5.41) is 3.36. The standard InChI is InChI=1S/C21H28N4O3/c1-14(2)18(25-19(26)16-5-3-4-6-17(16)20(25)27)21(28)24-10-7-15(13-24)23-11-8-22-9-12-23/h3-6,14-15,18,22H,7-13H2,1-2H3. The molecule has 1 aromatic carbocycles. The van der Waals surface area contributed by atoms with Crippen molar-refractivity contribution in [1.82, 2.24) is 20.0 Å². The molecule has 1 aromatic rings. The lowest BCUT2D eigenvalue weighted by molar-refractivity contribution is -0.136. The molecule has 4 rings (SSSR count). The zero-order valence-electron chi connectivity index (χ0n) is 16.6. The Hall–Kier alpha value is -2.25. The van der Waals surface area contributed by atoms with Gasteiger partial charge in [-0.1, -0.05) is 26.0 Å². The van der Waals surface area contributed by atoms with Crippen LogP contribution in [-0.4, -0.2) is 83.8 Å². The third-order valence-corrected chi connectivity index (χ3v) is 6.13. The third kappa shape index (κ3) is 3.22. The Morgan fingerprint density at radius 3 is 2.21 bits per heavy atom. The van der Waals surface area contributed by atoms with Gasteiger partial charge in [0.1, 0.15) is 6.04 Å². The molecule has 3 aliphatic rings. The van der Waals surface area contributed by atoms with Crippen LogP contribution in [0.3, 0.4) is 0 Å². The van der Waals surface area contributed by atoms with Gasteiger partial charge in [0.2, 0.25) is 5.91 Å². The first-order valence-electron chi connectivity index (χ1n) is 10.2. The molecule has 0 aromatic heterocycles. The Balaban J connectivity index is 1.52. The number of nitrogens with zero attached hydrogens (tertiary/aromatic N) is 3. The van der Waals surface area contributed by atoms with E-state index in [4.69, 9.17) is 0 Å². The fourth-order valence-electron chi connectivity index (χ4n) is 4.63. The molecule has 2 fully saturated rings. The lowest BCUT2D eigenvalue weighted by Gasteiger charge is -2.34. The van der Waals surface area contributed by atoms with Gasteiger partial charge >= 0.3 is 0 Å². The number of piperazine rings is 1. The van der Waals surface area contributed by atoms with Crippen molar-refractivity contribution < 1.29 is 14.4 Å². The molecule has 2 atom stereocenters. The number of carbonyl (C=O) groups is 3. The predicted molar refractivity (Wildman–Crippen MR) is 105 cm³/mol. The molecule has 2 unspecified atom stereocenters. The third-order valence-electron chi connectivity index (χ3n) is 6.13. The summed E-state index contributed by atoms with van der Waals surface area (Å²) in [4.78, 5) is 44.7. The molecular weight excluding hydrogens is 356 g/mol. The zero-order chi connectivity index (χ0) is 19.8. The summed E-state index contributed by atoms with van der Waals surface area (Å²) in [6.45, 7) is 9.11. The summed E-state index contributed by atoms with van der Waals surface area (Å²) in [6.07, 6.45) is 0.943. The Bertz CT molecular complexity index is 753. The van der Waals surface area contributed by atoms with Gasteiger partial charge in [-0.05, 0) is 24.5 Å². The molecule has 3 aliphatic heterocycles. The first kappa shape index (κ1) is 19.1. The number of nitrogens with one attached hydrogen (secondary N) is 1. The van der Waals surface area contributed by atoms with E-state index in [0.29, 0.717) is 30.3 Å². The highest BCUT2D eigenvalue weighted by Crippen LogP contribution is 2.29. The summed E-state index contributed by atoms with van der Waals surface area (Å²) in [7, 11) is 0. The van der Waals surface area contributed by atoms with Gasteiger partial charge in [-0.15, -0.1) is 0 Å². The Morgan fingerprint density at radius 1 is 1.04 bits per heavy atom. The van der Waals surface area contributed by atoms with Crippen LogP contribution in [0.4, 0.5) is 0 Å². The molecule has 3 heterocycles. The molecule has 0 saturated carbocycles. The maximum Gasteiger partial charge on any atom is 0.262 e. The largest absolute Gasteiger partial charge is 0.339 e. The number of likely N-dealkylation sites (tertiary alicyclic amines) is 1. The molecule has 0 radical (unpaired) electrons. The molecule has 1 N–H and O–H groups in total. The number of fused-ring (bicyclic) bond motifs is 1. The minimum absolute atomic E-state index is 0.109. The SMILES string of the molecule is CC(C)C(C(=O)N1CCC(N2CCNCC2)C1)N1C(=O)c2ccccc2C1=O. The maximum atomic E-state index is 13.4. The molecule has 7 heteroatoms. The highest BCUT2D eigenvalue weighted by Gasteiger charge is 2.46. The molecular formula is C21H28N4O3. The van der Waals surface area contributed by atoms with Gasteiger partial charge in [-0.2, -0.15) is 0 Å². The van der Waals surface area contributed by atoms with Crippen molar-refractivity contribution in [2.75, 3.05) is 39.3 Å². The fourth-order valence-corrected chi connectivity index (χ4v) is 4.63. The van der Waals surface area contributed by atoms with Crippen LogP contribution in [0.2, 0.25) is 0 Å². The molecule has 7 nitrogen and oxygen atoms in total. The van der Waals surface area contributed by atoms with Gasteiger partial charge in [0, 0.05) is 45.3 Å². The van der Waals surface area contributed by atoms with E-state index in [-0.39, 0.29) is 23.6 Å². The van der Waals surface area contributed by atoms with E-state index in [9.17, 15) is 14.4 Å². The van der Waals surface area contributed by atoms with Gasteiger partial charge < -0.3 is 10.2 Å². The number of hydrogen-bond acceptors (Lipinski definition) is 5. The summed E-state index contributed by atoms with van der Waals surface area (Å²) < 4.78 is 0. The average molecular weight is 384 g/mol. The summed E-state index contributed by atoms with van der Waals surface area (Å²) >= 11 is 0. The molecule has 0 aliphatic carbocycles. The van der Waals surface area contributed by atoms with E-state index in [0.717, 1.165) is 32.6 Å². The van der Waals surface area contributed by atoms with Gasteiger partial charge in [0.25, 0.3) is 11.8 Å². The van der Waals surface area contributed by atoms with Crippen molar-refractivity contribution in [1.29, 1.82) is 0 Å². The molecule has 28 heavy (non-hydrogen) atoms. The quantitative estimate of drug-likeness (QED) is 0.778. The van der Waals surface area contributed by atoms with Crippen molar-refractivity contribution in [3.8, 4) is 0 Å². The van der Waals surface area contributed by atoms with Crippen LogP contribution in [-0.2, 0) is 4.79 Å². The van der Waals surface area contributed by atoms with Crippen LogP contribution in [0.15, 0.2) is 24.3 Å². The number of rotatable bonds is 4. The van der Waals surface area contributed by atoms with Crippen LogP contribution in [0.25, 0.3) is 0 Å². The van der Waals surface area contributed by atoms with Crippen LogP contribution in [0.5, 0.6) is 0 Å². The highest BCUT2D eigenvalue weighted by molar-refractivity contribution is 6.22. The second kappa shape index (κ2) is 7.64. The first-order chi connectivity index (χ1) is 13.5. The van der Waals surface area contributed by atoms with Gasteiger partial charge in [-0.3, -0.25) is 24.2 Å². The predicted octanol–water partition coefficient (Wildman–Crippen LogP) is 0.813. The molecule has 2 saturated heterocycles. The fraction of sp³-hybridized carbons (Fsp3) is 0.571. The maximum absolute atomic E-state index is 13.4. The minimum Gasteiger partial charge on any atom is -0.339 e. The number of hydrogen-bond donors (Lipinski definition) is 1. The van der Waals surface area contributed by atoms with Crippen molar-refractivity contribution in [2.45, 2.75) is 32.4 Å². The highest BCUT2D eigenvalue weighted by atomic mass is 16.2. The van der Waals surface area contributed by atoms with Crippen molar-refractivity contribution in [2.24, 2.45) is 5.92 Å². The number of amides is 3. The smallest absolute Gasteiger partial charge is 0.262 e. The number of benzene rings is 1. The lowest BCUT2D eigenvalue weighted by Crippen LogP contribution is -2.54. The Kier molecular flexibility index (Phi) is 5.21. The first-order valence-corrected chi connectivity index (χ1v) is 10.2. The van der Waals surface area contributed by atoms with E-state index < -0.39 is 6.04 Å². The van der Waals surface area contributed by atoms with Gasteiger partial charge in [0.15, 0.2) is 0 Å².